The number of rotatable bonds is 13. The van der Waals surface area contributed by atoms with Crippen LogP contribution in [0.4, 0.5) is 10.1 Å². The van der Waals surface area contributed by atoms with Crippen molar-refractivity contribution in [3.63, 3.8) is 0 Å². The number of fused-ring (bicyclic) bond motifs is 1. The van der Waals surface area contributed by atoms with E-state index < -0.39 is 40.2 Å². The summed E-state index contributed by atoms with van der Waals surface area (Å²) in [7, 11) is -4.44. The molecule has 4 aromatic carbocycles. The molecule has 252 valence electrons. The molecule has 0 saturated heterocycles. The highest BCUT2D eigenvalue weighted by atomic mass is 35.5. The van der Waals surface area contributed by atoms with E-state index in [1.165, 1.54) is 35.2 Å². The molecular formula is C36H37ClFN3O6S. The first-order chi connectivity index (χ1) is 23.0. The zero-order chi connectivity index (χ0) is 34.3. The topological polar surface area (TPSA) is 105 Å². The second-order valence-corrected chi connectivity index (χ2v) is 14.0. The fourth-order valence-electron chi connectivity index (χ4n) is 5.23. The maximum Gasteiger partial charge on any atom is 0.264 e. The quantitative estimate of drug-likeness (QED) is 0.188. The van der Waals surface area contributed by atoms with Gasteiger partial charge in [-0.15, -0.1) is 0 Å². The van der Waals surface area contributed by atoms with Gasteiger partial charge in [0.2, 0.25) is 11.8 Å². The van der Waals surface area contributed by atoms with Crippen LogP contribution in [0.1, 0.15) is 25.0 Å². The maximum atomic E-state index is 14.6. The minimum atomic E-state index is -4.44. The Morgan fingerprint density at radius 1 is 0.896 bits per heavy atom. The fraction of sp³-hybridized carbons (Fsp3) is 0.278. The molecule has 0 saturated carbocycles. The molecule has 1 unspecified atom stereocenters. The van der Waals surface area contributed by atoms with Gasteiger partial charge in [-0.2, -0.15) is 0 Å². The lowest BCUT2D eigenvalue weighted by Crippen LogP contribution is -2.53. The second kappa shape index (κ2) is 15.5. The van der Waals surface area contributed by atoms with Gasteiger partial charge in [0.25, 0.3) is 10.0 Å². The molecule has 2 amide bonds. The van der Waals surface area contributed by atoms with Crippen molar-refractivity contribution in [2.45, 2.75) is 37.8 Å². The van der Waals surface area contributed by atoms with E-state index in [2.05, 4.69) is 5.32 Å². The SMILES string of the molecule is CC(C)CNC(=O)C(Cc1ccccc1)N(Cc1ccccc1Cl)C(=O)CN(c1ccc(F)cc1)S(=O)(=O)c1ccc2c(c1)OCCO2. The number of benzene rings is 4. The number of amides is 2. The van der Waals surface area contributed by atoms with E-state index in [0.717, 1.165) is 22.0 Å². The lowest BCUT2D eigenvalue weighted by molar-refractivity contribution is -0.140. The first-order valence-electron chi connectivity index (χ1n) is 15.6. The Morgan fingerprint density at radius 2 is 1.56 bits per heavy atom. The van der Waals surface area contributed by atoms with Gasteiger partial charge in [0, 0.05) is 30.6 Å². The summed E-state index contributed by atoms with van der Waals surface area (Å²) in [6.45, 7) is 4.09. The molecule has 12 heteroatoms. The van der Waals surface area contributed by atoms with Crippen LogP contribution in [0.2, 0.25) is 5.02 Å². The highest BCUT2D eigenvalue weighted by molar-refractivity contribution is 7.92. The van der Waals surface area contributed by atoms with Gasteiger partial charge in [0.15, 0.2) is 11.5 Å². The van der Waals surface area contributed by atoms with E-state index in [-0.39, 0.29) is 41.8 Å². The molecule has 0 fully saturated rings. The zero-order valence-electron chi connectivity index (χ0n) is 26.6. The molecule has 0 aliphatic carbocycles. The summed E-state index contributed by atoms with van der Waals surface area (Å²) in [5.74, 6) is -0.850. The van der Waals surface area contributed by atoms with Crippen LogP contribution in [-0.2, 0) is 32.6 Å². The number of anilines is 1. The van der Waals surface area contributed by atoms with E-state index in [1.807, 2.05) is 44.2 Å². The lowest BCUT2D eigenvalue weighted by atomic mass is 10.0. The molecule has 1 atom stereocenters. The van der Waals surface area contributed by atoms with Crippen molar-refractivity contribution in [1.82, 2.24) is 10.2 Å². The number of sulfonamides is 1. The normalized spacial score (nSPS) is 13.1. The molecular weight excluding hydrogens is 657 g/mol. The smallest absolute Gasteiger partial charge is 0.264 e. The molecule has 5 rings (SSSR count). The van der Waals surface area contributed by atoms with Crippen molar-refractivity contribution in [3.05, 3.63) is 119 Å². The van der Waals surface area contributed by atoms with Crippen molar-refractivity contribution in [2.75, 3.05) is 30.6 Å². The predicted molar refractivity (Wildman–Crippen MR) is 182 cm³/mol. The third-order valence-electron chi connectivity index (χ3n) is 7.75. The average Bonchev–Trinajstić information content (AvgIpc) is 3.09. The van der Waals surface area contributed by atoms with E-state index in [4.69, 9.17) is 21.1 Å². The van der Waals surface area contributed by atoms with Gasteiger partial charge < -0.3 is 19.7 Å². The highest BCUT2D eigenvalue weighted by Gasteiger charge is 2.35. The van der Waals surface area contributed by atoms with Gasteiger partial charge in [-0.05, 0) is 59.5 Å². The van der Waals surface area contributed by atoms with Crippen LogP contribution >= 0.6 is 11.6 Å². The average molecular weight is 694 g/mol. The van der Waals surface area contributed by atoms with Gasteiger partial charge in [0.05, 0.1) is 10.6 Å². The second-order valence-electron chi connectivity index (χ2n) is 11.8. The minimum absolute atomic E-state index is 0.0567. The van der Waals surface area contributed by atoms with E-state index >= 15 is 0 Å². The first kappa shape index (κ1) is 34.7. The maximum absolute atomic E-state index is 14.6. The van der Waals surface area contributed by atoms with Crippen LogP contribution < -0.4 is 19.1 Å². The van der Waals surface area contributed by atoms with Crippen LogP contribution in [0, 0.1) is 11.7 Å². The number of carbonyl (C=O) groups excluding carboxylic acids is 2. The number of nitrogens with zero attached hydrogens (tertiary/aromatic N) is 2. The predicted octanol–water partition coefficient (Wildman–Crippen LogP) is 5.86. The summed E-state index contributed by atoms with van der Waals surface area (Å²) in [5.41, 5.74) is 1.44. The Bertz CT molecular complexity index is 1840. The minimum Gasteiger partial charge on any atom is -0.486 e. The summed E-state index contributed by atoms with van der Waals surface area (Å²) >= 11 is 6.54. The Hall–Kier alpha value is -4.61. The van der Waals surface area contributed by atoms with Crippen molar-refractivity contribution >= 4 is 39.1 Å². The summed E-state index contributed by atoms with van der Waals surface area (Å²) in [6, 6.07) is 24.2. The Kier molecular flexibility index (Phi) is 11.2. The van der Waals surface area contributed by atoms with Crippen LogP contribution in [0.5, 0.6) is 11.5 Å². The summed E-state index contributed by atoms with van der Waals surface area (Å²) in [5, 5.41) is 3.33. The molecule has 0 bridgehead atoms. The third kappa shape index (κ3) is 8.45. The number of nitrogens with one attached hydrogen (secondary N) is 1. The molecule has 9 nitrogen and oxygen atoms in total. The first-order valence-corrected chi connectivity index (χ1v) is 17.4. The molecule has 0 aromatic heterocycles. The molecule has 48 heavy (non-hydrogen) atoms. The van der Waals surface area contributed by atoms with Crippen LogP contribution in [-0.4, -0.2) is 57.5 Å². The monoisotopic (exact) mass is 693 g/mol. The molecule has 1 heterocycles. The molecule has 1 N–H and O–H groups in total. The Labute approximate surface area is 285 Å². The van der Waals surface area contributed by atoms with Crippen LogP contribution in [0.3, 0.4) is 0 Å². The number of hydrogen-bond acceptors (Lipinski definition) is 6. The summed E-state index contributed by atoms with van der Waals surface area (Å²) in [4.78, 5) is 29.7. The summed E-state index contributed by atoms with van der Waals surface area (Å²) < 4.78 is 54.7. The standard InChI is InChI=1S/C36H37ClFN3O6S/c1-25(2)22-39-36(43)32(20-26-8-4-3-5-9-26)40(23-27-10-6-7-11-31(27)37)35(42)24-41(29-14-12-28(38)13-15-29)48(44,45)30-16-17-33-34(21-30)47-19-18-46-33/h3-17,21,25,32H,18-20,22-24H2,1-2H3,(H,39,43). The van der Waals surface area contributed by atoms with Crippen LogP contribution in [0.15, 0.2) is 102 Å². The van der Waals surface area contributed by atoms with Gasteiger partial charge in [-0.25, -0.2) is 12.8 Å². The van der Waals surface area contributed by atoms with Gasteiger partial charge in [0.1, 0.15) is 31.6 Å². The molecule has 1 aliphatic heterocycles. The Balaban J connectivity index is 1.57. The lowest BCUT2D eigenvalue weighted by Gasteiger charge is -2.34. The number of hydrogen-bond donors (Lipinski definition) is 1. The number of carbonyl (C=O) groups is 2. The van der Waals surface area contributed by atoms with Gasteiger partial charge >= 0.3 is 0 Å². The molecule has 1 aliphatic rings. The van der Waals surface area contributed by atoms with Gasteiger partial charge in [-0.3, -0.25) is 13.9 Å². The van der Waals surface area contributed by atoms with Crippen LogP contribution in [0.25, 0.3) is 0 Å². The molecule has 4 aromatic rings. The largest absolute Gasteiger partial charge is 0.486 e. The van der Waals surface area contributed by atoms with Crippen molar-refractivity contribution in [1.29, 1.82) is 0 Å². The summed E-state index contributed by atoms with van der Waals surface area (Å²) in [6.07, 6.45) is 0.159. The van der Waals surface area contributed by atoms with Crippen molar-refractivity contribution < 1.29 is 31.9 Å². The van der Waals surface area contributed by atoms with E-state index in [9.17, 15) is 22.4 Å². The number of halogens is 2. The molecule has 0 radical (unpaired) electrons. The Morgan fingerprint density at radius 3 is 2.25 bits per heavy atom. The fourth-order valence-corrected chi connectivity index (χ4v) is 6.86. The molecule has 0 spiro atoms. The number of ether oxygens (including phenoxy) is 2. The highest BCUT2D eigenvalue weighted by Crippen LogP contribution is 2.34. The zero-order valence-corrected chi connectivity index (χ0v) is 28.2. The third-order valence-corrected chi connectivity index (χ3v) is 9.89. The van der Waals surface area contributed by atoms with E-state index in [0.29, 0.717) is 29.5 Å². The van der Waals surface area contributed by atoms with Crippen molar-refractivity contribution in [3.8, 4) is 11.5 Å². The van der Waals surface area contributed by atoms with Gasteiger partial charge in [-0.1, -0.05) is 74.0 Å². The van der Waals surface area contributed by atoms with Crippen molar-refractivity contribution in [2.24, 2.45) is 5.92 Å². The van der Waals surface area contributed by atoms with E-state index in [1.54, 1.807) is 24.3 Å².